The third kappa shape index (κ3) is 3.58. The van der Waals surface area contributed by atoms with Gasteiger partial charge in [0.1, 0.15) is 5.54 Å². The molecule has 2 amide bonds. The predicted molar refractivity (Wildman–Crippen MR) is 114 cm³/mol. The van der Waals surface area contributed by atoms with E-state index in [9.17, 15) is 9.59 Å². The van der Waals surface area contributed by atoms with Crippen molar-refractivity contribution in [2.45, 2.75) is 52.1 Å². The molecule has 29 heavy (non-hydrogen) atoms. The van der Waals surface area contributed by atoms with E-state index in [-0.39, 0.29) is 35.6 Å². The van der Waals surface area contributed by atoms with Gasteiger partial charge >= 0.3 is 0 Å². The first kappa shape index (κ1) is 20.4. The molecule has 4 aliphatic rings. The number of nitrogens with one attached hydrogen (secondary N) is 2. The maximum Gasteiger partial charge on any atom is 0.246 e. The van der Waals surface area contributed by atoms with Gasteiger partial charge < -0.3 is 10.6 Å². The lowest BCUT2D eigenvalue weighted by molar-refractivity contribution is -0.154. The minimum atomic E-state index is -0.794. The Bertz CT molecular complexity index is 763. The molecule has 1 saturated carbocycles. The van der Waals surface area contributed by atoms with Crippen molar-refractivity contribution in [3.8, 4) is 0 Å². The molecule has 3 aliphatic heterocycles. The van der Waals surface area contributed by atoms with Crippen molar-refractivity contribution in [3.63, 3.8) is 0 Å². The first-order chi connectivity index (χ1) is 13.8. The van der Waals surface area contributed by atoms with E-state index in [1.165, 1.54) is 5.56 Å². The summed E-state index contributed by atoms with van der Waals surface area (Å²) in [6, 6.07) is 10.6. The number of hydrogen-bond donors (Lipinski definition) is 2. The van der Waals surface area contributed by atoms with Gasteiger partial charge in [-0.25, -0.2) is 0 Å². The van der Waals surface area contributed by atoms with Crippen LogP contribution in [0.15, 0.2) is 30.3 Å². The summed E-state index contributed by atoms with van der Waals surface area (Å²) in [6.07, 6.45) is 1.58. The van der Waals surface area contributed by atoms with Gasteiger partial charge in [-0.05, 0) is 36.2 Å². The van der Waals surface area contributed by atoms with E-state index in [4.69, 9.17) is 0 Å². The highest BCUT2D eigenvalue weighted by atomic mass is 16.2. The fourth-order valence-electron chi connectivity index (χ4n) is 6.01. The molecule has 3 saturated heterocycles. The number of piperidine rings is 2. The number of amides is 2. The summed E-state index contributed by atoms with van der Waals surface area (Å²) in [5.74, 6) is 1.41. The molecule has 158 valence electrons. The summed E-state index contributed by atoms with van der Waals surface area (Å²) in [6.45, 7) is 11.2. The number of hydrogen-bond acceptors (Lipinski definition) is 3. The Morgan fingerprint density at radius 3 is 2.59 bits per heavy atom. The summed E-state index contributed by atoms with van der Waals surface area (Å²) in [7, 11) is 0. The largest absolute Gasteiger partial charge is 0.354 e. The van der Waals surface area contributed by atoms with Crippen LogP contribution in [0.3, 0.4) is 0 Å². The topological polar surface area (TPSA) is 61.4 Å². The predicted octanol–water partition coefficient (Wildman–Crippen LogP) is 2.46. The lowest BCUT2D eigenvalue weighted by Gasteiger charge is -2.55. The highest BCUT2D eigenvalue weighted by Crippen LogP contribution is 2.53. The zero-order valence-corrected chi connectivity index (χ0v) is 18.2. The fourth-order valence-corrected chi connectivity index (χ4v) is 6.01. The Hall–Kier alpha value is -1.88. The molecule has 1 aliphatic carbocycles. The van der Waals surface area contributed by atoms with Crippen LogP contribution in [-0.4, -0.2) is 47.9 Å². The van der Waals surface area contributed by atoms with E-state index in [0.717, 1.165) is 25.9 Å². The van der Waals surface area contributed by atoms with Crippen LogP contribution >= 0.6 is 0 Å². The standard InChI is InChI=1S/C24H35N3O2/c1-15(2)12-25-23(29)24-11-18-14-27(13-16(3)4)21(20(18)22(28)26-24)19(24)10-17-8-6-5-7-9-17/h5-9,15-16,18-21H,10-14H2,1-4H3,(H,25,29)(H,26,28)/t18-,19+,20-,21-,24+/m1/s1. The van der Waals surface area contributed by atoms with Crippen molar-refractivity contribution >= 4 is 11.8 Å². The quantitative estimate of drug-likeness (QED) is 0.743. The van der Waals surface area contributed by atoms with Crippen LogP contribution in [0, 0.1) is 29.6 Å². The number of carbonyl (C=O) groups is 2. The van der Waals surface area contributed by atoms with Gasteiger partial charge in [0.15, 0.2) is 0 Å². The summed E-state index contributed by atoms with van der Waals surface area (Å²) >= 11 is 0. The second-order valence-corrected chi connectivity index (χ2v) is 10.2. The van der Waals surface area contributed by atoms with Crippen LogP contribution < -0.4 is 10.6 Å². The molecule has 2 N–H and O–H groups in total. The molecule has 3 heterocycles. The van der Waals surface area contributed by atoms with Gasteiger partial charge in [0.05, 0.1) is 5.92 Å². The molecule has 0 aromatic heterocycles. The first-order valence-electron chi connectivity index (χ1n) is 11.2. The van der Waals surface area contributed by atoms with Gasteiger partial charge in [-0.15, -0.1) is 0 Å². The molecule has 0 radical (unpaired) electrons. The summed E-state index contributed by atoms with van der Waals surface area (Å²) in [4.78, 5) is 29.1. The minimum absolute atomic E-state index is 0.0139. The van der Waals surface area contributed by atoms with Crippen LogP contribution in [0.2, 0.25) is 0 Å². The molecule has 5 nitrogen and oxygen atoms in total. The van der Waals surface area contributed by atoms with E-state index in [0.29, 0.717) is 18.4 Å². The third-order valence-electron chi connectivity index (χ3n) is 7.02. The van der Waals surface area contributed by atoms with Crippen LogP contribution in [0.5, 0.6) is 0 Å². The van der Waals surface area contributed by atoms with E-state index < -0.39 is 5.54 Å². The van der Waals surface area contributed by atoms with Crippen molar-refractivity contribution < 1.29 is 9.59 Å². The number of likely N-dealkylation sites (tertiary alicyclic amines) is 1. The number of rotatable bonds is 7. The van der Waals surface area contributed by atoms with Gasteiger partial charge in [0.25, 0.3) is 0 Å². The van der Waals surface area contributed by atoms with Gasteiger partial charge in [0, 0.05) is 31.6 Å². The average molecular weight is 398 g/mol. The Morgan fingerprint density at radius 1 is 1.21 bits per heavy atom. The van der Waals surface area contributed by atoms with Crippen molar-refractivity contribution in [1.82, 2.24) is 15.5 Å². The first-order valence-corrected chi connectivity index (χ1v) is 11.2. The Morgan fingerprint density at radius 2 is 1.93 bits per heavy atom. The molecule has 4 fully saturated rings. The number of carbonyl (C=O) groups excluding carboxylic acids is 2. The highest BCUT2D eigenvalue weighted by molar-refractivity contribution is 5.96. The van der Waals surface area contributed by atoms with Crippen LogP contribution in [0.4, 0.5) is 0 Å². The Labute approximate surface area is 174 Å². The van der Waals surface area contributed by atoms with E-state index in [2.05, 4.69) is 67.5 Å². The van der Waals surface area contributed by atoms with E-state index in [1.54, 1.807) is 0 Å². The highest BCUT2D eigenvalue weighted by Gasteiger charge is 2.67. The van der Waals surface area contributed by atoms with Crippen LogP contribution in [0.1, 0.15) is 39.7 Å². The molecule has 5 atom stereocenters. The van der Waals surface area contributed by atoms with Gasteiger partial charge in [-0.2, -0.15) is 0 Å². The Kier molecular flexibility index (Phi) is 5.45. The second kappa shape index (κ2) is 7.75. The molecular formula is C24H35N3O2. The van der Waals surface area contributed by atoms with Crippen molar-refractivity contribution in [2.75, 3.05) is 19.6 Å². The molecule has 1 aromatic rings. The zero-order chi connectivity index (χ0) is 20.8. The molecule has 0 unspecified atom stereocenters. The van der Waals surface area contributed by atoms with Gasteiger partial charge in [0.2, 0.25) is 11.8 Å². The molecule has 0 spiro atoms. The van der Waals surface area contributed by atoms with Gasteiger partial charge in [-0.1, -0.05) is 58.0 Å². The fraction of sp³-hybridized carbons (Fsp3) is 0.667. The SMILES string of the molecule is CC(C)CNC(=O)[C@@]12C[C@@H]3CN(CC(C)C)[C@@H]([C@@H]3C(=O)N1)[C@@H]2Cc1ccccc1. The van der Waals surface area contributed by atoms with Crippen molar-refractivity contribution in [1.29, 1.82) is 0 Å². The summed E-state index contributed by atoms with van der Waals surface area (Å²) < 4.78 is 0. The smallest absolute Gasteiger partial charge is 0.246 e. The monoisotopic (exact) mass is 397 g/mol. The van der Waals surface area contributed by atoms with Gasteiger partial charge in [-0.3, -0.25) is 14.5 Å². The van der Waals surface area contributed by atoms with Crippen LogP contribution in [0.25, 0.3) is 0 Å². The minimum Gasteiger partial charge on any atom is -0.354 e. The van der Waals surface area contributed by atoms with Crippen molar-refractivity contribution in [3.05, 3.63) is 35.9 Å². The molecule has 5 rings (SSSR count). The number of nitrogens with zero attached hydrogens (tertiary/aromatic N) is 1. The molecule has 5 heteroatoms. The lowest BCUT2D eigenvalue weighted by atomic mass is 9.57. The maximum atomic E-state index is 13.5. The molecule has 1 aromatic carbocycles. The Balaban J connectivity index is 1.71. The lowest BCUT2D eigenvalue weighted by Crippen LogP contribution is -2.76. The van der Waals surface area contributed by atoms with E-state index >= 15 is 0 Å². The third-order valence-corrected chi connectivity index (χ3v) is 7.02. The van der Waals surface area contributed by atoms with Crippen LogP contribution in [-0.2, 0) is 16.0 Å². The number of benzene rings is 1. The number of fused-ring (bicyclic) bond motifs is 1. The summed E-state index contributed by atoms with van der Waals surface area (Å²) in [5, 5.41) is 6.38. The molecule has 4 bridgehead atoms. The average Bonchev–Trinajstić information content (AvgIpc) is 2.97. The maximum absolute atomic E-state index is 13.5. The van der Waals surface area contributed by atoms with Crippen molar-refractivity contribution in [2.24, 2.45) is 29.6 Å². The molecular weight excluding hydrogens is 362 g/mol. The summed E-state index contributed by atoms with van der Waals surface area (Å²) in [5.41, 5.74) is 0.445. The van der Waals surface area contributed by atoms with E-state index in [1.807, 2.05) is 6.07 Å². The zero-order valence-electron chi connectivity index (χ0n) is 18.2. The normalized spacial score (nSPS) is 33.4. The second-order valence-electron chi connectivity index (χ2n) is 10.2.